The molecule has 4 nitrogen and oxygen atoms in total. The van der Waals surface area contributed by atoms with Crippen LogP contribution in [-0.4, -0.2) is 22.2 Å². The van der Waals surface area contributed by atoms with Crippen molar-refractivity contribution in [2.75, 3.05) is 6.54 Å². The van der Waals surface area contributed by atoms with E-state index in [1.54, 1.807) is 0 Å². The van der Waals surface area contributed by atoms with E-state index in [0.717, 1.165) is 32.4 Å². The van der Waals surface area contributed by atoms with Crippen LogP contribution in [0.2, 0.25) is 0 Å². The fourth-order valence-electron chi connectivity index (χ4n) is 3.28. The lowest BCUT2D eigenvalue weighted by Crippen LogP contribution is -2.41. The van der Waals surface area contributed by atoms with Crippen LogP contribution in [0, 0.1) is 5.41 Å². The molecule has 1 aliphatic carbocycles. The van der Waals surface area contributed by atoms with E-state index < -0.39 is 0 Å². The number of carbonyl (C=O) groups is 1. The molecule has 2 aliphatic rings. The lowest BCUT2D eigenvalue weighted by atomic mass is 9.61. The molecule has 1 aromatic heterocycles. The van der Waals surface area contributed by atoms with Gasteiger partial charge in [0.05, 0.1) is 5.41 Å². The third kappa shape index (κ3) is 1.43. The summed E-state index contributed by atoms with van der Waals surface area (Å²) >= 11 is 0. The molecule has 92 valence electrons. The number of carbonyl (C=O) groups excluding carboxylic acids is 1. The Morgan fingerprint density at radius 1 is 1.59 bits per heavy atom. The first-order valence-electron chi connectivity index (χ1n) is 6.58. The number of aromatic nitrogens is 2. The standard InChI is InChI=1S/C13H19N3O/c1-2-8-16-11(4-7-15-16)10-9-14-12(17)13(10)5-3-6-13/h4,7,10H,2-3,5-6,8-9H2,1H3,(H,14,17). The third-order valence-electron chi connectivity index (χ3n) is 4.37. The summed E-state index contributed by atoms with van der Waals surface area (Å²) in [4.78, 5) is 12.0. The highest BCUT2D eigenvalue weighted by molar-refractivity contribution is 5.87. The molecule has 1 N–H and O–H groups in total. The Kier molecular flexibility index (Phi) is 2.45. The SMILES string of the molecule is CCCn1nccc1C1CNC(=O)C12CCC2. The molecule has 0 aromatic carbocycles. The number of nitrogens with zero attached hydrogens (tertiary/aromatic N) is 2. The van der Waals surface area contributed by atoms with Gasteiger partial charge in [0.15, 0.2) is 0 Å². The topological polar surface area (TPSA) is 46.9 Å². The van der Waals surface area contributed by atoms with Crippen molar-refractivity contribution in [2.24, 2.45) is 5.41 Å². The molecule has 1 atom stereocenters. The largest absolute Gasteiger partial charge is 0.355 e. The van der Waals surface area contributed by atoms with E-state index in [-0.39, 0.29) is 11.3 Å². The molecule has 0 radical (unpaired) electrons. The van der Waals surface area contributed by atoms with Gasteiger partial charge < -0.3 is 5.32 Å². The minimum absolute atomic E-state index is 0.106. The highest BCUT2D eigenvalue weighted by atomic mass is 16.2. The molecule has 0 bridgehead atoms. The summed E-state index contributed by atoms with van der Waals surface area (Å²) in [5, 5.41) is 7.42. The molecule has 1 aromatic rings. The Hall–Kier alpha value is -1.32. The first-order valence-corrected chi connectivity index (χ1v) is 6.58. The van der Waals surface area contributed by atoms with Gasteiger partial charge in [-0.3, -0.25) is 9.48 Å². The molecular weight excluding hydrogens is 214 g/mol. The summed E-state index contributed by atoms with van der Waals surface area (Å²) in [6, 6.07) is 2.08. The molecule has 2 heterocycles. The lowest BCUT2D eigenvalue weighted by molar-refractivity contribution is -0.132. The zero-order chi connectivity index (χ0) is 11.9. The number of aryl methyl sites for hydroxylation is 1. The van der Waals surface area contributed by atoms with Gasteiger partial charge in [0, 0.05) is 30.9 Å². The van der Waals surface area contributed by atoms with Crippen LogP contribution in [0.15, 0.2) is 12.3 Å². The smallest absolute Gasteiger partial charge is 0.226 e. The van der Waals surface area contributed by atoms with Gasteiger partial charge in [0.1, 0.15) is 0 Å². The summed E-state index contributed by atoms with van der Waals surface area (Å²) in [6.07, 6.45) is 6.21. The van der Waals surface area contributed by atoms with E-state index in [4.69, 9.17) is 0 Å². The van der Waals surface area contributed by atoms with Crippen molar-refractivity contribution in [2.45, 2.75) is 45.1 Å². The molecule has 17 heavy (non-hydrogen) atoms. The second-order valence-corrected chi connectivity index (χ2v) is 5.25. The van der Waals surface area contributed by atoms with E-state index >= 15 is 0 Å². The van der Waals surface area contributed by atoms with Crippen molar-refractivity contribution in [1.29, 1.82) is 0 Å². The monoisotopic (exact) mass is 233 g/mol. The van der Waals surface area contributed by atoms with Crippen molar-refractivity contribution >= 4 is 5.91 Å². The van der Waals surface area contributed by atoms with Crippen molar-refractivity contribution in [3.8, 4) is 0 Å². The predicted molar refractivity (Wildman–Crippen MR) is 64.6 cm³/mol. The van der Waals surface area contributed by atoms with Gasteiger partial charge in [-0.15, -0.1) is 0 Å². The highest BCUT2D eigenvalue weighted by Gasteiger charge is 2.55. The van der Waals surface area contributed by atoms with Gasteiger partial charge in [0.25, 0.3) is 0 Å². The molecule has 1 unspecified atom stereocenters. The van der Waals surface area contributed by atoms with Crippen molar-refractivity contribution < 1.29 is 4.79 Å². The normalized spacial score (nSPS) is 25.9. The van der Waals surface area contributed by atoms with Crippen LogP contribution in [0.25, 0.3) is 0 Å². The first-order chi connectivity index (χ1) is 8.28. The van der Waals surface area contributed by atoms with Crippen LogP contribution in [0.3, 0.4) is 0 Å². The average molecular weight is 233 g/mol. The average Bonchev–Trinajstić information content (AvgIpc) is 2.81. The number of nitrogens with one attached hydrogen (secondary N) is 1. The van der Waals surface area contributed by atoms with Crippen molar-refractivity contribution in [3.05, 3.63) is 18.0 Å². The fraction of sp³-hybridized carbons (Fsp3) is 0.692. The first kappa shape index (κ1) is 10.8. The van der Waals surface area contributed by atoms with Crippen molar-refractivity contribution in [1.82, 2.24) is 15.1 Å². The van der Waals surface area contributed by atoms with Gasteiger partial charge in [-0.2, -0.15) is 5.10 Å². The van der Waals surface area contributed by atoms with Crippen LogP contribution in [-0.2, 0) is 11.3 Å². The van der Waals surface area contributed by atoms with Gasteiger partial charge in [-0.05, 0) is 25.3 Å². The van der Waals surface area contributed by atoms with E-state index in [2.05, 4.69) is 28.1 Å². The van der Waals surface area contributed by atoms with Crippen LogP contribution in [0.4, 0.5) is 0 Å². The molecule has 2 fully saturated rings. The van der Waals surface area contributed by atoms with Crippen LogP contribution >= 0.6 is 0 Å². The second kappa shape index (κ2) is 3.86. The summed E-state index contributed by atoms with van der Waals surface area (Å²) < 4.78 is 2.07. The van der Waals surface area contributed by atoms with Gasteiger partial charge in [0.2, 0.25) is 5.91 Å². The summed E-state index contributed by atoms with van der Waals surface area (Å²) in [7, 11) is 0. The Labute approximate surface area is 101 Å². The Morgan fingerprint density at radius 3 is 3.06 bits per heavy atom. The summed E-state index contributed by atoms with van der Waals surface area (Å²) in [6.45, 7) is 3.89. The van der Waals surface area contributed by atoms with E-state index in [1.165, 1.54) is 12.1 Å². The summed E-state index contributed by atoms with van der Waals surface area (Å²) in [5.41, 5.74) is 1.14. The quantitative estimate of drug-likeness (QED) is 0.863. The zero-order valence-corrected chi connectivity index (χ0v) is 10.3. The van der Waals surface area contributed by atoms with Gasteiger partial charge in [-0.25, -0.2) is 0 Å². The maximum atomic E-state index is 12.0. The van der Waals surface area contributed by atoms with Crippen LogP contribution < -0.4 is 5.32 Å². The van der Waals surface area contributed by atoms with E-state index in [0.29, 0.717) is 5.92 Å². The maximum Gasteiger partial charge on any atom is 0.226 e. The van der Waals surface area contributed by atoms with E-state index in [9.17, 15) is 4.79 Å². The number of rotatable bonds is 3. The van der Waals surface area contributed by atoms with Crippen molar-refractivity contribution in [3.63, 3.8) is 0 Å². The number of amides is 1. The minimum Gasteiger partial charge on any atom is -0.355 e. The molecule has 4 heteroatoms. The fourth-order valence-corrected chi connectivity index (χ4v) is 3.28. The molecular formula is C13H19N3O. The molecule has 1 spiro atoms. The maximum absolute atomic E-state index is 12.0. The molecule has 1 saturated heterocycles. The van der Waals surface area contributed by atoms with Gasteiger partial charge >= 0.3 is 0 Å². The van der Waals surface area contributed by atoms with E-state index in [1.807, 2.05) is 6.20 Å². The zero-order valence-electron chi connectivity index (χ0n) is 10.3. The third-order valence-corrected chi connectivity index (χ3v) is 4.37. The van der Waals surface area contributed by atoms with Crippen LogP contribution in [0.5, 0.6) is 0 Å². The van der Waals surface area contributed by atoms with Crippen LogP contribution in [0.1, 0.15) is 44.2 Å². The lowest BCUT2D eigenvalue weighted by Gasteiger charge is -2.40. The number of hydrogen-bond donors (Lipinski definition) is 1. The predicted octanol–water partition coefficient (Wildman–Crippen LogP) is 1.68. The molecule has 3 rings (SSSR count). The summed E-state index contributed by atoms with van der Waals surface area (Å²) in [5.74, 6) is 0.593. The Balaban J connectivity index is 1.93. The highest BCUT2D eigenvalue weighted by Crippen LogP contribution is 2.53. The van der Waals surface area contributed by atoms with Gasteiger partial charge in [-0.1, -0.05) is 13.3 Å². The Morgan fingerprint density at radius 2 is 2.41 bits per heavy atom. The second-order valence-electron chi connectivity index (χ2n) is 5.25. The molecule has 1 aliphatic heterocycles. The molecule has 1 amide bonds. The Bertz CT molecular complexity index is 434. The molecule has 1 saturated carbocycles. The minimum atomic E-state index is -0.106. The number of hydrogen-bond acceptors (Lipinski definition) is 2.